The molecule has 4 rings (SSSR count). The zero-order valence-corrected chi connectivity index (χ0v) is 15.1. The summed E-state index contributed by atoms with van der Waals surface area (Å²) in [6.07, 6.45) is 4.37. The monoisotopic (exact) mass is 365 g/mol. The molecule has 0 bridgehead atoms. The van der Waals surface area contributed by atoms with E-state index < -0.39 is 0 Å². The third-order valence-corrected chi connectivity index (χ3v) is 4.96. The zero-order chi connectivity index (χ0) is 18.6. The second-order valence-electron chi connectivity index (χ2n) is 6.94. The van der Waals surface area contributed by atoms with Gasteiger partial charge in [0.15, 0.2) is 0 Å². The summed E-state index contributed by atoms with van der Waals surface area (Å²) in [4.78, 5) is 32.9. The molecule has 0 aliphatic carbocycles. The van der Waals surface area contributed by atoms with E-state index in [2.05, 4.69) is 20.5 Å². The van der Waals surface area contributed by atoms with Crippen molar-refractivity contribution in [2.45, 2.75) is 25.3 Å². The number of nitrogens with zero attached hydrogens (tertiary/aromatic N) is 3. The number of pyridine rings is 1. The summed E-state index contributed by atoms with van der Waals surface area (Å²) in [5.74, 6) is 0.960. The van der Waals surface area contributed by atoms with Crippen LogP contribution in [-0.2, 0) is 4.79 Å². The molecular weight excluding hydrogens is 342 g/mol. The maximum atomic E-state index is 12.3. The largest absolute Gasteiger partial charge is 0.357 e. The summed E-state index contributed by atoms with van der Waals surface area (Å²) in [5.41, 5.74) is 1.49. The summed E-state index contributed by atoms with van der Waals surface area (Å²) in [6.45, 7) is 2.55. The average Bonchev–Trinajstić information content (AvgIpc) is 3.33. The van der Waals surface area contributed by atoms with Gasteiger partial charge < -0.3 is 20.4 Å². The molecule has 1 atom stereocenters. The molecule has 0 saturated carbocycles. The molecule has 3 amide bonds. The summed E-state index contributed by atoms with van der Waals surface area (Å²) >= 11 is 0. The van der Waals surface area contributed by atoms with Crippen molar-refractivity contribution in [1.29, 1.82) is 0 Å². The number of carbonyl (C=O) groups excluding carboxylic acids is 2. The van der Waals surface area contributed by atoms with Gasteiger partial charge in [0.1, 0.15) is 5.82 Å². The average molecular weight is 365 g/mol. The lowest BCUT2D eigenvalue weighted by molar-refractivity contribution is -0.117. The summed E-state index contributed by atoms with van der Waals surface area (Å²) in [6, 6.07) is 12.8. The number of carbonyl (C=O) groups is 2. The molecule has 2 aromatic rings. The van der Waals surface area contributed by atoms with Gasteiger partial charge in [-0.3, -0.25) is 4.79 Å². The normalized spacial score (nSPS) is 19.4. The van der Waals surface area contributed by atoms with Crippen molar-refractivity contribution in [3.05, 3.63) is 48.7 Å². The highest BCUT2D eigenvalue weighted by Gasteiger charge is 2.31. The van der Waals surface area contributed by atoms with Crippen LogP contribution in [0.25, 0.3) is 0 Å². The minimum atomic E-state index is -0.321. The minimum absolute atomic E-state index is 0.0168. The molecule has 1 unspecified atom stereocenters. The highest BCUT2D eigenvalue weighted by atomic mass is 16.2. The lowest BCUT2D eigenvalue weighted by atomic mass is 10.2. The third kappa shape index (κ3) is 4.02. The van der Waals surface area contributed by atoms with Crippen LogP contribution in [0.1, 0.15) is 19.3 Å². The molecule has 1 aromatic heterocycles. The fraction of sp³-hybridized carbons (Fsp3) is 0.350. The van der Waals surface area contributed by atoms with Gasteiger partial charge >= 0.3 is 6.03 Å². The number of hydrogen-bond donors (Lipinski definition) is 2. The Bertz CT molecular complexity index is 803. The quantitative estimate of drug-likeness (QED) is 0.873. The van der Waals surface area contributed by atoms with Crippen molar-refractivity contribution in [3.8, 4) is 0 Å². The van der Waals surface area contributed by atoms with Crippen molar-refractivity contribution in [2.75, 3.05) is 34.8 Å². The number of rotatable bonds is 4. The van der Waals surface area contributed by atoms with Gasteiger partial charge in [0.05, 0.1) is 17.9 Å². The van der Waals surface area contributed by atoms with E-state index in [1.165, 1.54) is 12.8 Å². The Morgan fingerprint density at radius 2 is 1.85 bits per heavy atom. The number of nitrogens with one attached hydrogen (secondary N) is 2. The highest BCUT2D eigenvalue weighted by molar-refractivity contribution is 5.97. The van der Waals surface area contributed by atoms with E-state index >= 15 is 0 Å². The molecule has 2 saturated heterocycles. The van der Waals surface area contributed by atoms with Crippen molar-refractivity contribution in [1.82, 2.24) is 10.3 Å². The predicted octanol–water partition coefficient (Wildman–Crippen LogP) is 2.61. The number of hydrogen-bond acceptors (Lipinski definition) is 4. The molecule has 3 heterocycles. The highest BCUT2D eigenvalue weighted by Crippen LogP contribution is 2.21. The predicted molar refractivity (Wildman–Crippen MR) is 105 cm³/mol. The summed E-state index contributed by atoms with van der Waals surface area (Å²) in [5, 5.41) is 5.67. The Morgan fingerprint density at radius 1 is 1.07 bits per heavy atom. The lowest BCUT2D eigenvalue weighted by Crippen LogP contribution is -2.39. The number of anilines is 3. The van der Waals surface area contributed by atoms with Crippen LogP contribution < -0.4 is 20.4 Å². The number of benzene rings is 1. The molecule has 2 N–H and O–H groups in total. The SMILES string of the molecule is O=C(Nc1ccc(N2CCCC2)nc1)NC1CC(=O)N(c2ccccc2)C1. The van der Waals surface area contributed by atoms with E-state index in [9.17, 15) is 9.59 Å². The number of para-hydroxylation sites is 1. The summed E-state index contributed by atoms with van der Waals surface area (Å²) < 4.78 is 0. The van der Waals surface area contributed by atoms with Gasteiger partial charge in [-0.1, -0.05) is 18.2 Å². The van der Waals surface area contributed by atoms with Crippen molar-refractivity contribution < 1.29 is 9.59 Å². The fourth-order valence-corrected chi connectivity index (χ4v) is 3.61. The van der Waals surface area contributed by atoms with Gasteiger partial charge in [-0.05, 0) is 37.1 Å². The Balaban J connectivity index is 1.31. The van der Waals surface area contributed by atoms with Gasteiger partial charge in [-0.2, -0.15) is 0 Å². The van der Waals surface area contributed by atoms with Gasteiger partial charge in [-0.25, -0.2) is 9.78 Å². The topological polar surface area (TPSA) is 77.6 Å². The zero-order valence-electron chi connectivity index (χ0n) is 15.1. The fourth-order valence-electron chi connectivity index (χ4n) is 3.61. The number of amides is 3. The van der Waals surface area contributed by atoms with Gasteiger partial charge in [0, 0.05) is 31.7 Å². The van der Waals surface area contributed by atoms with E-state index in [0.717, 1.165) is 24.6 Å². The van der Waals surface area contributed by atoms with Crippen LogP contribution in [0.4, 0.5) is 22.0 Å². The molecule has 7 heteroatoms. The second kappa shape index (κ2) is 7.65. The van der Waals surface area contributed by atoms with E-state index in [-0.39, 0.29) is 18.0 Å². The molecule has 0 radical (unpaired) electrons. The van der Waals surface area contributed by atoms with Crippen LogP contribution >= 0.6 is 0 Å². The molecule has 27 heavy (non-hydrogen) atoms. The Labute approximate surface area is 158 Å². The Hall–Kier alpha value is -3.09. The number of aromatic nitrogens is 1. The molecule has 140 valence electrons. The van der Waals surface area contributed by atoms with Crippen molar-refractivity contribution >= 4 is 29.1 Å². The minimum Gasteiger partial charge on any atom is -0.357 e. The third-order valence-electron chi connectivity index (χ3n) is 4.96. The van der Waals surface area contributed by atoms with E-state index in [0.29, 0.717) is 18.7 Å². The second-order valence-corrected chi connectivity index (χ2v) is 6.94. The van der Waals surface area contributed by atoms with Crippen LogP contribution in [-0.4, -0.2) is 42.6 Å². The molecule has 1 aromatic carbocycles. The van der Waals surface area contributed by atoms with Gasteiger partial charge in [0.2, 0.25) is 5.91 Å². The first-order valence-electron chi connectivity index (χ1n) is 9.33. The molecule has 2 fully saturated rings. The molecule has 2 aliphatic rings. The standard InChI is InChI=1S/C20H23N5O2/c26-19-12-16(14-25(19)17-6-2-1-3-7-17)23-20(27)22-15-8-9-18(21-13-15)24-10-4-5-11-24/h1-3,6-9,13,16H,4-5,10-12,14H2,(H2,22,23,27). The number of urea groups is 1. The van der Waals surface area contributed by atoms with Gasteiger partial charge in [-0.15, -0.1) is 0 Å². The van der Waals surface area contributed by atoms with Crippen LogP contribution in [0.2, 0.25) is 0 Å². The maximum absolute atomic E-state index is 12.3. The van der Waals surface area contributed by atoms with Crippen molar-refractivity contribution in [3.63, 3.8) is 0 Å². The molecule has 7 nitrogen and oxygen atoms in total. The van der Waals surface area contributed by atoms with Crippen LogP contribution in [0.3, 0.4) is 0 Å². The van der Waals surface area contributed by atoms with E-state index in [4.69, 9.17) is 0 Å². The Kier molecular flexibility index (Phi) is 4.91. The Morgan fingerprint density at radius 3 is 2.56 bits per heavy atom. The van der Waals surface area contributed by atoms with E-state index in [1.807, 2.05) is 42.5 Å². The molecule has 0 spiro atoms. The first kappa shape index (κ1) is 17.3. The maximum Gasteiger partial charge on any atom is 0.319 e. The van der Waals surface area contributed by atoms with Crippen LogP contribution in [0.5, 0.6) is 0 Å². The molecular formula is C20H23N5O2. The van der Waals surface area contributed by atoms with E-state index in [1.54, 1.807) is 11.1 Å². The first-order chi connectivity index (χ1) is 13.2. The van der Waals surface area contributed by atoms with Crippen molar-refractivity contribution in [2.24, 2.45) is 0 Å². The lowest BCUT2D eigenvalue weighted by Gasteiger charge is -2.18. The van der Waals surface area contributed by atoms with Crippen LogP contribution in [0.15, 0.2) is 48.7 Å². The molecule has 2 aliphatic heterocycles. The van der Waals surface area contributed by atoms with Crippen LogP contribution in [0, 0.1) is 0 Å². The van der Waals surface area contributed by atoms with Gasteiger partial charge in [0.25, 0.3) is 0 Å². The smallest absolute Gasteiger partial charge is 0.319 e. The first-order valence-corrected chi connectivity index (χ1v) is 9.33. The summed E-state index contributed by atoms with van der Waals surface area (Å²) in [7, 11) is 0.